The largest absolute Gasteiger partial charge is 0.345 e. The van der Waals surface area contributed by atoms with Gasteiger partial charge >= 0.3 is 0 Å². The number of carbonyl (C=O) groups excluding carboxylic acids is 2. The Morgan fingerprint density at radius 2 is 2.15 bits per heavy atom. The summed E-state index contributed by atoms with van der Waals surface area (Å²) in [4.78, 5) is 24.7. The van der Waals surface area contributed by atoms with Crippen LogP contribution in [0.3, 0.4) is 0 Å². The Kier molecular flexibility index (Phi) is 1.62. The van der Waals surface area contributed by atoms with Crippen molar-refractivity contribution in [2.45, 2.75) is 38.3 Å². The van der Waals surface area contributed by atoms with Crippen LogP contribution in [-0.2, 0) is 9.59 Å². The maximum Gasteiger partial charge on any atom is 0.243 e. The molecule has 4 heteroatoms. The van der Waals surface area contributed by atoms with E-state index >= 15 is 0 Å². The van der Waals surface area contributed by atoms with Gasteiger partial charge in [-0.15, -0.1) is 0 Å². The first-order valence-corrected chi connectivity index (χ1v) is 4.62. The highest BCUT2D eigenvalue weighted by molar-refractivity contribution is 5.95. The maximum absolute atomic E-state index is 11.5. The van der Waals surface area contributed by atoms with Gasteiger partial charge in [-0.2, -0.15) is 0 Å². The van der Waals surface area contributed by atoms with Gasteiger partial charge in [0.05, 0.1) is 6.54 Å². The molecule has 1 N–H and O–H groups in total. The number of piperazine rings is 1. The fraction of sp³-hybridized carbons (Fsp3) is 0.778. The maximum atomic E-state index is 11.5. The van der Waals surface area contributed by atoms with E-state index in [1.54, 1.807) is 4.90 Å². The Morgan fingerprint density at radius 3 is 2.77 bits per heavy atom. The highest BCUT2D eigenvalue weighted by atomic mass is 16.2. The van der Waals surface area contributed by atoms with Crippen LogP contribution in [0.25, 0.3) is 0 Å². The van der Waals surface area contributed by atoms with Crippen LogP contribution in [0.2, 0.25) is 0 Å². The summed E-state index contributed by atoms with van der Waals surface area (Å²) < 4.78 is 0. The number of rotatable bonds is 0. The normalized spacial score (nSPS) is 31.5. The standard InChI is InChI=1S/C9H14N2O2/c1-9(2)4-3-6-8(13)10-5-7(12)11(6)9/h6H,3-5H2,1-2H3,(H,10,13)/t6-/m1/s1. The lowest BCUT2D eigenvalue weighted by Gasteiger charge is -2.38. The van der Waals surface area contributed by atoms with Gasteiger partial charge in [-0.25, -0.2) is 0 Å². The van der Waals surface area contributed by atoms with E-state index in [4.69, 9.17) is 0 Å². The van der Waals surface area contributed by atoms with Crippen molar-refractivity contribution < 1.29 is 9.59 Å². The lowest BCUT2D eigenvalue weighted by molar-refractivity contribution is -0.147. The average Bonchev–Trinajstić information content (AvgIpc) is 2.36. The van der Waals surface area contributed by atoms with Crippen molar-refractivity contribution in [2.24, 2.45) is 0 Å². The van der Waals surface area contributed by atoms with Crippen LogP contribution in [-0.4, -0.2) is 34.8 Å². The minimum atomic E-state index is -0.212. The molecule has 0 aromatic carbocycles. The number of hydrogen-bond acceptors (Lipinski definition) is 2. The molecule has 0 unspecified atom stereocenters. The van der Waals surface area contributed by atoms with E-state index in [0.717, 1.165) is 12.8 Å². The summed E-state index contributed by atoms with van der Waals surface area (Å²) in [5.41, 5.74) is -0.139. The van der Waals surface area contributed by atoms with E-state index in [0.29, 0.717) is 0 Å². The van der Waals surface area contributed by atoms with E-state index in [1.807, 2.05) is 13.8 Å². The Labute approximate surface area is 77.3 Å². The van der Waals surface area contributed by atoms with Crippen LogP contribution in [0.5, 0.6) is 0 Å². The fourth-order valence-corrected chi connectivity index (χ4v) is 2.29. The lowest BCUT2D eigenvalue weighted by atomic mass is 10.0. The molecule has 72 valence electrons. The van der Waals surface area contributed by atoms with Crippen molar-refractivity contribution in [1.82, 2.24) is 10.2 Å². The smallest absolute Gasteiger partial charge is 0.243 e. The van der Waals surface area contributed by atoms with Gasteiger partial charge in [0, 0.05) is 5.54 Å². The van der Waals surface area contributed by atoms with Crippen molar-refractivity contribution >= 4 is 11.8 Å². The summed E-state index contributed by atoms with van der Waals surface area (Å²) >= 11 is 0. The van der Waals surface area contributed by atoms with Crippen molar-refractivity contribution in [1.29, 1.82) is 0 Å². The highest BCUT2D eigenvalue weighted by Gasteiger charge is 2.47. The van der Waals surface area contributed by atoms with Crippen LogP contribution in [0.1, 0.15) is 26.7 Å². The molecule has 2 aliphatic heterocycles. The average molecular weight is 182 g/mol. The molecule has 0 aromatic rings. The third-order valence-corrected chi connectivity index (χ3v) is 2.98. The minimum Gasteiger partial charge on any atom is -0.345 e. The summed E-state index contributed by atoms with van der Waals surface area (Å²) in [6.45, 7) is 4.20. The van der Waals surface area contributed by atoms with E-state index in [-0.39, 0.29) is 29.9 Å². The molecular formula is C9H14N2O2. The number of amides is 2. The lowest BCUT2D eigenvalue weighted by Crippen LogP contribution is -2.60. The molecule has 2 fully saturated rings. The number of hydrogen-bond donors (Lipinski definition) is 1. The molecule has 4 nitrogen and oxygen atoms in total. The van der Waals surface area contributed by atoms with Gasteiger partial charge < -0.3 is 10.2 Å². The van der Waals surface area contributed by atoms with Crippen LogP contribution in [0.15, 0.2) is 0 Å². The molecule has 0 aliphatic carbocycles. The molecule has 0 aromatic heterocycles. The van der Waals surface area contributed by atoms with Gasteiger partial charge in [0.15, 0.2) is 0 Å². The van der Waals surface area contributed by atoms with Gasteiger partial charge in [0.1, 0.15) is 6.04 Å². The first-order chi connectivity index (χ1) is 6.02. The molecule has 13 heavy (non-hydrogen) atoms. The third-order valence-electron chi connectivity index (χ3n) is 2.98. The van der Waals surface area contributed by atoms with Crippen molar-refractivity contribution in [2.75, 3.05) is 6.54 Å². The SMILES string of the molecule is CC1(C)CC[C@@H]2C(=O)NCC(=O)N21. The monoisotopic (exact) mass is 182 g/mol. The van der Waals surface area contributed by atoms with Crippen LogP contribution in [0.4, 0.5) is 0 Å². The van der Waals surface area contributed by atoms with Crippen molar-refractivity contribution in [3.8, 4) is 0 Å². The molecule has 2 amide bonds. The quantitative estimate of drug-likeness (QED) is 0.568. The predicted octanol–water partition coefficient (Wildman–Crippen LogP) is -0.114. The summed E-state index contributed by atoms with van der Waals surface area (Å²) in [6.07, 6.45) is 1.71. The number of carbonyl (C=O) groups is 2. The fourth-order valence-electron chi connectivity index (χ4n) is 2.29. The molecule has 2 aliphatic rings. The first-order valence-electron chi connectivity index (χ1n) is 4.62. The van der Waals surface area contributed by atoms with E-state index in [9.17, 15) is 9.59 Å². The summed E-state index contributed by atoms with van der Waals surface area (Å²) in [5, 5.41) is 2.61. The second-order valence-electron chi connectivity index (χ2n) is 4.35. The van der Waals surface area contributed by atoms with E-state index in [2.05, 4.69) is 5.32 Å². The van der Waals surface area contributed by atoms with Gasteiger partial charge in [-0.3, -0.25) is 9.59 Å². The van der Waals surface area contributed by atoms with Crippen LogP contribution >= 0.6 is 0 Å². The molecule has 0 bridgehead atoms. The zero-order valence-electron chi connectivity index (χ0n) is 7.96. The zero-order valence-corrected chi connectivity index (χ0v) is 7.96. The molecule has 0 spiro atoms. The number of nitrogens with zero attached hydrogens (tertiary/aromatic N) is 1. The Hall–Kier alpha value is -1.06. The van der Waals surface area contributed by atoms with Gasteiger partial charge in [-0.1, -0.05) is 0 Å². The zero-order chi connectivity index (χ0) is 9.64. The Bertz CT molecular complexity index is 273. The molecule has 1 atom stereocenters. The molecule has 0 radical (unpaired) electrons. The first kappa shape index (κ1) is 8.53. The summed E-state index contributed by atoms with van der Waals surface area (Å²) in [5.74, 6) is 0.0530. The molecule has 0 saturated carbocycles. The van der Waals surface area contributed by atoms with E-state index in [1.165, 1.54) is 0 Å². The van der Waals surface area contributed by atoms with Gasteiger partial charge in [0.2, 0.25) is 11.8 Å². The van der Waals surface area contributed by atoms with Gasteiger partial charge in [0.25, 0.3) is 0 Å². The van der Waals surface area contributed by atoms with Crippen molar-refractivity contribution in [3.05, 3.63) is 0 Å². The Balaban J connectivity index is 2.31. The predicted molar refractivity (Wildman–Crippen MR) is 47.0 cm³/mol. The number of fused-ring (bicyclic) bond motifs is 1. The topological polar surface area (TPSA) is 49.4 Å². The number of nitrogens with one attached hydrogen (secondary N) is 1. The van der Waals surface area contributed by atoms with Gasteiger partial charge in [-0.05, 0) is 26.7 Å². The second-order valence-corrected chi connectivity index (χ2v) is 4.35. The second kappa shape index (κ2) is 2.47. The molecular weight excluding hydrogens is 168 g/mol. The van der Waals surface area contributed by atoms with Crippen LogP contribution < -0.4 is 5.32 Å². The minimum absolute atomic E-state index is 0.00479. The molecule has 2 rings (SSSR count). The molecule has 2 saturated heterocycles. The molecule has 2 heterocycles. The van der Waals surface area contributed by atoms with E-state index < -0.39 is 0 Å². The summed E-state index contributed by atoms with van der Waals surface area (Å²) in [6, 6.07) is -0.212. The Morgan fingerprint density at radius 1 is 1.46 bits per heavy atom. The summed E-state index contributed by atoms with van der Waals surface area (Å²) in [7, 11) is 0. The highest BCUT2D eigenvalue weighted by Crippen LogP contribution is 2.34. The van der Waals surface area contributed by atoms with Crippen LogP contribution in [0, 0.1) is 0 Å². The van der Waals surface area contributed by atoms with Crippen molar-refractivity contribution in [3.63, 3.8) is 0 Å². The third kappa shape index (κ3) is 1.12.